The molecule has 1 aliphatic rings. The van der Waals surface area contributed by atoms with Gasteiger partial charge in [-0.2, -0.15) is 0 Å². The first-order valence-electron chi connectivity index (χ1n) is 8.85. The van der Waals surface area contributed by atoms with Crippen molar-refractivity contribution in [3.63, 3.8) is 0 Å². The monoisotopic (exact) mass is 381 g/mol. The van der Waals surface area contributed by atoms with Crippen molar-refractivity contribution in [3.8, 4) is 0 Å². The van der Waals surface area contributed by atoms with E-state index in [2.05, 4.69) is 10.6 Å². The van der Waals surface area contributed by atoms with Crippen LogP contribution in [0.2, 0.25) is 5.02 Å². The number of hydrogen-bond acceptors (Lipinski definition) is 4. The van der Waals surface area contributed by atoms with Crippen molar-refractivity contribution in [1.29, 1.82) is 0 Å². The van der Waals surface area contributed by atoms with Crippen LogP contribution in [0.3, 0.4) is 0 Å². The van der Waals surface area contributed by atoms with Crippen molar-refractivity contribution < 1.29 is 14.3 Å². The second-order valence-electron chi connectivity index (χ2n) is 7.83. The smallest absolute Gasteiger partial charge is 0.412 e. The number of carbonyl (C=O) groups is 2. The normalized spacial score (nSPS) is 19.9. The van der Waals surface area contributed by atoms with Crippen LogP contribution >= 0.6 is 11.6 Å². The van der Waals surface area contributed by atoms with Gasteiger partial charge in [-0.05, 0) is 64.8 Å². The number of amides is 2. The first-order chi connectivity index (χ1) is 12.1. The van der Waals surface area contributed by atoms with Crippen LogP contribution in [0.4, 0.5) is 4.79 Å². The molecule has 2 N–H and O–H groups in total. The van der Waals surface area contributed by atoms with E-state index in [1.54, 1.807) is 12.1 Å². The Morgan fingerprint density at radius 1 is 1.31 bits per heavy atom. The zero-order valence-corrected chi connectivity index (χ0v) is 16.7. The van der Waals surface area contributed by atoms with Crippen LogP contribution < -0.4 is 10.6 Å². The van der Waals surface area contributed by atoms with Gasteiger partial charge in [0.25, 0.3) is 0 Å². The van der Waals surface area contributed by atoms with E-state index in [-0.39, 0.29) is 12.6 Å². The summed E-state index contributed by atoms with van der Waals surface area (Å²) >= 11 is 5.92. The first-order valence-corrected chi connectivity index (χ1v) is 9.23. The number of nitrogens with zero attached hydrogens (tertiary/aromatic N) is 1. The van der Waals surface area contributed by atoms with Crippen LogP contribution in [0.5, 0.6) is 0 Å². The summed E-state index contributed by atoms with van der Waals surface area (Å²) in [4.78, 5) is 26.5. The summed E-state index contributed by atoms with van der Waals surface area (Å²) < 4.78 is 5.47. The lowest BCUT2D eigenvalue weighted by Crippen LogP contribution is -2.54. The van der Waals surface area contributed by atoms with Gasteiger partial charge in [-0.25, -0.2) is 4.79 Å². The molecule has 1 saturated heterocycles. The van der Waals surface area contributed by atoms with E-state index in [9.17, 15) is 9.59 Å². The zero-order chi connectivity index (χ0) is 19.4. The average Bonchev–Trinajstić information content (AvgIpc) is 2.99. The molecule has 1 unspecified atom stereocenters. The standard InChI is InChI=1S/C19H28ClN3O3/c1-18(2,3)26-17(25)23(12-14-6-8-15(20)9-7-14)13-21-16(24)19(4)10-5-11-22-19/h6-9,22H,5,10-13H2,1-4H3,(H,21,24). The minimum absolute atomic E-state index is 0.0770. The number of hydrogen-bond donors (Lipinski definition) is 2. The number of nitrogens with one attached hydrogen (secondary N) is 2. The number of carbonyl (C=O) groups excluding carboxylic acids is 2. The largest absolute Gasteiger partial charge is 0.444 e. The van der Waals surface area contributed by atoms with Gasteiger partial charge in [0.15, 0.2) is 0 Å². The molecule has 1 aromatic carbocycles. The molecule has 2 amide bonds. The minimum atomic E-state index is -0.613. The maximum atomic E-state index is 12.6. The molecule has 1 atom stereocenters. The van der Waals surface area contributed by atoms with E-state index >= 15 is 0 Å². The van der Waals surface area contributed by atoms with Crippen molar-refractivity contribution in [3.05, 3.63) is 34.9 Å². The Morgan fingerprint density at radius 3 is 2.50 bits per heavy atom. The molecule has 0 radical (unpaired) electrons. The van der Waals surface area contributed by atoms with Crippen LogP contribution in [0.25, 0.3) is 0 Å². The highest BCUT2D eigenvalue weighted by Gasteiger charge is 2.36. The molecule has 7 heteroatoms. The predicted molar refractivity (Wildman–Crippen MR) is 102 cm³/mol. The van der Waals surface area contributed by atoms with E-state index in [0.717, 1.165) is 24.9 Å². The van der Waals surface area contributed by atoms with Gasteiger partial charge in [0, 0.05) is 5.02 Å². The molecule has 1 fully saturated rings. The Hall–Kier alpha value is -1.79. The van der Waals surface area contributed by atoms with Crippen LogP contribution in [0.15, 0.2) is 24.3 Å². The first kappa shape index (κ1) is 20.5. The summed E-state index contributed by atoms with van der Waals surface area (Å²) in [7, 11) is 0. The summed E-state index contributed by atoms with van der Waals surface area (Å²) in [6, 6.07) is 7.24. The summed E-state index contributed by atoms with van der Waals surface area (Å²) in [5, 5.41) is 6.71. The molecule has 6 nitrogen and oxygen atoms in total. The Bertz CT molecular complexity index is 634. The summed E-state index contributed by atoms with van der Waals surface area (Å²) in [6.45, 7) is 8.54. The van der Waals surface area contributed by atoms with Crippen LogP contribution in [0, 0.1) is 0 Å². The van der Waals surface area contributed by atoms with Gasteiger partial charge in [-0.3, -0.25) is 9.69 Å². The van der Waals surface area contributed by atoms with Gasteiger partial charge in [-0.15, -0.1) is 0 Å². The van der Waals surface area contributed by atoms with Crippen molar-refractivity contribution in [1.82, 2.24) is 15.5 Å². The lowest BCUT2D eigenvalue weighted by molar-refractivity contribution is -0.127. The molecule has 0 aromatic heterocycles. The van der Waals surface area contributed by atoms with Crippen LogP contribution in [-0.4, -0.2) is 41.3 Å². The highest BCUT2D eigenvalue weighted by atomic mass is 35.5. The molecule has 2 rings (SSSR count). The molecular formula is C19H28ClN3O3. The van der Waals surface area contributed by atoms with E-state index in [1.807, 2.05) is 39.8 Å². The fraction of sp³-hybridized carbons (Fsp3) is 0.579. The highest BCUT2D eigenvalue weighted by Crippen LogP contribution is 2.19. The van der Waals surface area contributed by atoms with Gasteiger partial charge >= 0.3 is 6.09 Å². The molecular weight excluding hydrogens is 354 g/mol. The van der Waals surface area contributed by atoms with Gasteiger partial charge in [0.2, 0.25) is 5.91 Å². The second-order valence-corrected chi connectivity index (χ2v) is 8.27. The van der Waals surface area contributed by atoms with Gasteiger partial charge in [0.05, 0.1) is 18.8 Å². The molecule has 0 saturated carbocycles. The van der Waals surface area contributed by atoms with E-state index < -0.39 is 17.2 Å². The zero-order valence-electron chi connectivity index (χ0n) is 15.9. The Balaban J connectivity index is 2.05. The molecule has 0 aliphatic carbocycles. The van der Waals surface area contributed by atoms with Gasteiger partial charge in [0.1, 0.15) is 5.60 Å². The van der Waals surface area contributed by atoms with E-state index in [4.69, 9.17) is 16.3 Å². The second kappa shape index (κ2) is 8.27. The highest BCUT2D eigenvalue weighted by molar-refractivity contribution is 6.30. The summed E-state index contributed by atoms with van der Waals surface area (Å²) in [6.07, 6.45) is 1.27. The summed E-state index contributed by atoms with van der Waals surface area (Å²) in [5.74, 6) is -0.111. The van der Waals surface area contributed by atoms with Gasteiger partial charge < -0.3 is 15.4 Å². The maximum absolute atomic E-state index is 12.6. The van der Waals surface area contributed by atoms with Crippen molar-refractivity contribution >= 4 is 23.6 Å². The minimum Gasteiger partial charge on any atom is -0.444 e. The SMILES string of the molecule is CC(C)(C)OC(=O)N(CNC(=O)C1(C)CCCN1)Cc1ccc(Cl)cc1. The number of rotatable bonds is 5. The fourth-order valence-electron chi connectivity index (χ4n) is 2.77. The molecule has 1 aromatic rings. The summed E-state index contributed by atoms with van der Waals surface area (Å²) in [5.41, 5.74) is -0.294. The van der Waals surface area contributed by atoms with Crippen molar-refractivity contribution in [2.24, 2.45) is 0 Å². The third-order valence-corrected chi connectivity index (χ3v) is 4.49. The van der Waals surface area contributed by atoms with Crippen molar-refractivity contribution in [2.75, 3.05) is 13.2 Å². The maximum Gasteiger partial charge on any atom is 0.412 e. The van der Waals surface area contributed by atoms with Gasteiger partial charge in [-0.1, -0.05) is 23.7 Å². The molecule has 1 heterocycles. The molecule has 0 bridgehead atoms. The number of halogens is 1. The van der Waals surface area contributed by atoms with Crippen LogP contribution in [0.1, 0.15) is 46.1 Å². The molecule has 26 heavy (non-hydrogen) atoms. The lowest BCUT2D eigenvalue weighted by atomic mass is 9.99. The lowest BCUT2D eigenvalue weighted by Gasteiger charge is -2.29. The van der Waals surface area contributed by atoms with E-state index in [0.29, 0.717) is 11.6 Å². The molecule has 1 aliphatic heterocycles. The average molecular weight is 382 g/mol. The Labute approximate surface area is 160 Å². The van der Waals surface area contributed by atoms with Crippen molar-refractivity contribution in [2.45, 2.75) is 58.2 Å². The topological polar surface area (TPSA) is 70.7 Å². The number of ether oxygens (including phenoxy) is 1. The third kappa shape index (κ3) is 5.88. The van der Waals surface area contributed by atoms with E-state index in [1.165, 1.54) is 4.90 Å². The predicted octanol–water partition coefficient (Wildman–Crippen LogP) is 3.29. The Morgan fingerprint density at radius 2 is 1.96 bits per heavy atom. The number of benzene rings is 1. The quantitative estimate of drug-likeness (QED) is 0.768. The molecule has 144 valence electrons. The Kier molecular flexibility index (Phi) is 6.53. The molecule has 0 spiro atoms. The van der Waals surface area contributed by atoms with Crippen LogP contribution in [-0.2, 0) is 16.1 Å². The third-order valence-electron chi connectivity index (χ3n) is 4.24. The fourth-order valence-corrected chi connectivity index (χ4v) is 2.90.